The van der Waals surface area contributed by atoms with Gasteiger partial charge in [0, 0.05) is 22.9 Å². The van der Waals surface area contributed by atoms with Gasteiger partial charge in [-0.1, -0.05) is 24.3 Å². The Labute approximate surface area is 107 Å². The molecule has 0 saturated carbocycles. The molecule has 0 unspecified atom stereocenters. The Morgan fingerprint density at radius 3 is 2.61 bits per heavy atom. The predicted molar refractivity (Wildman–Crippen MR) is 73.3 cm³/mol. The highest BCUT2D eigenvalue weighted by molar-refractivity contribution is 5.96. The highest BCUT2D eigenvalue weighted by Gasteiger charge is 2.04. The van der Waals surface area contributed by atoms with E-state index in [4.69, 9.17) is 15.7 Å². The van der Waals surface area contributed by atoms with Crippen molar-refractivity contribution in [3.8, 4) is 11.8 Å². The van der Waals surface area contributed by atoms with E-state index in [2.05, 4.69) is 6.07 Å². The first kappa shape index (κ1) is 12.3. The number of nitriles is 1. The summed E-state index contributed by atoms with van der Waals surface area (Å²) in [5.41, 5.74) is 6.69. The first-order chi connectivity index (χ1) is 8.83. The molecule has 0 heterocycles. The van der Waals surface area contributed by atoms with Crippen molar-refractivity contribution in [1.29, 1.82) is 5.26 Å². The lowest BCUT2D eigenvalue weighted by Crippen LogP contribution is -1.98. The number of nitrogen functional groups attached to an aromatic ring is 1. The van der Waals surface area contributed by atoms with Crippen LogP contribution in [0.15, 0.2) is 36.4 Å². The Hall–Kier alpha value is -2.21. The number of rotatable bonds is 5. The Balaban J connectivity index is 2.09. The normalized spacial score (nSPS) is 10.2. The second kappa shape index (κ2) is 5.92. The van der Waals surface area contributed by atoms with Crippen LogP contribution in [-0.2, 0) is 0 Å². The minimum atomic E-state index is 0.589. The fourth-order valence-electron chi connectivity index (χ4n) is 1.91. The number of hydrogen-bond donors (Lipinski definition) is 1. The molecule has 0 aliphatic carbocycles. The van der Waals surface area contributed by atoms with Crippen molar-refractivity contribution in [3.63, 3.8) is 0 Å². The van der Waals surface area contributed by atoms with Gasteiger partial charge in [0.2, 0.25) is 0 Å². The molecule has 2 aromatic rings. The standard InChI is InChI=1S/C15H16N2O/c16-10-4-1-5-11-18-15-9-8-14(17)12-6-2-3-7-13(12)15/h2-3,6-9H,1,4-5,11,17H2. The lowest BCUT2D eigenvalue weighted by Gasteiger charge is -2.10. The number of unbranched alkanes of at least 4 members (excludes halogenated alkanes) is 2. The maximum absolute atomic E-state index is 8.45. The van der Waals surface area contributed by atoms with Gasteiger partial charge in [0.1, 0.15) is 5.75 Å². The van der Waals surface area contributed by atoms with Crippen LogP contribution in [0.2, 0.25) is 0 Å². The number of ether oxygens (including phenoxy) is 1. The molecule has 18 heavy (non-hydrogen) atoms. The lowest BCUT2D eigenvalue weighted by molar-refractivity contribution is 0.311. The summed E-state index contributed by atoms with van der Waals surface area (Å²) in [5, 5.41) is 10.5. The van der Waals surface area contributed by atoms with Gasteiger partial charge in [-0.25, -0.2) is 0 Å². The predicted octanol–water partition coefficient (Wildman–Crippen LogP) is 3.49. The van der Waals surface area contributed by atoms with Crippen molar-refractivity contribution in [2.45, 2.75) is 19.3 Å². The average Bonchev–Trinajstić information content (AvgIpc) is 2.41. The van der Waals surface area contributed by atoms with Crippen LogP contribution in [0, 0.1) is 11.3 Å². The van der Waals surface area contributed by atoms with Gasteiger partial charge >= 0.3 is 0 Å². The third-order valence-corrected chi connectivity index (χ3v) is 2.86. The maximum atomic E-state index is 8.45. The number of nitrogens with two attached hydrogens (primary N) is 1. The fourth-order valence-corrected chi connectivity index (χ4v) is 1.91. The van der Waals surface area contributed by atoms with Crippen LogP contribution >= 0.6 is 0 Å². The summed E-state index contributed by atoms with van der Waals surface area (Å²) < 4.78 is 5.76. The Kier molecular flexibility index (Phi) is 4.03. The van der Waals surface area contributed by atoms with Crippen molar-refractivity contribution in [2.24, 2.45) is 0 Å². The zero-order valence-electron chi connectivity index (χ0n) is 10.2. The fraction of sp³-hybridized carbons (Fsp3) is 0.267. The third kappa shape index (κ3) is 2.72. The first-order valence-electron chi connectivity index (χ1n) is 6.10. The van der Waals surface area contributed by atoms with Gasteiger partial charge in [-0.05, 0) is 25.0 Å². The van der Waals surface area contributed by atoms with E-state index in [0.717, 1.165) is 35.1 Å². The number of fused-ring (bicyclic) bond motifs is 1. The van der Waals surface area contributed by atoms with Crippen LogP contribution in [0.4, 0.5) is 5.69 Å². The largest absolute Gasteiger partial charge is 0.493 e. The molecule has 2 N–H and O–H groups in total. The summed E-state index contributed by atoms with van der Waals surface area (Å²) in [7, 11) is 0. The zero-order valence-corrected chi connectivity index (χ0v) is 10.2. The van der Waals surface area contributed by atoms with Gasteiger partial charge in [0.05, 0.1) is 12.7 Å². The van der Waals surface area contributed by atoms with Gasteiger partial charge in [-0.15, -0.1) is 0 Å². The molecular formula is C15H16N2O. The number of hydrogen-bond acceptors (Lipinski definition) is 3. The van der Waals surface area contributed by atoms with E-state index in [1.165, 1.54) is 0 Å². The first-order valence-corrected chi connectivity index (χ1v) is 6.10. The van der Waals surface area contributed by atoms with E-state index in [9.17, 15) is 0 Å². The minimum absolute atomic E-state index is 0.589. The number of anilines is 1. The second-order valence-corrected chi connectivity index (χ2v) is 4.16. The highest BCUT2D eigenvalue weighted by atomic mass is 16.5. The second-order valence-electron chi connectivity index (χ2n) is 4.16. The summed E-state index contributed by atoms with van der Waals surface area (Å²) >= 11 is 0. The third-order valence-electron chi connectivity index (χ3n) is 2.86. The van der Waals surface area contributed by atoms with Crippen molar-refractivity contribution in [3.05, 3.63) is 36.4 Å². The Bertz CT molecular complexity index is 572. The summed E-state index contributed by atoms with van der Waals surface area (Å²) in [4.78, 5) is 0. The van der Waals surface area contributed by atoms with Gasteiger partial charge in [-0.2, -0.15) is 5.26 Å². The SMILES string of the molecule is N#CCCCCOc1ccc(N)c2ccccc12. The summed E-state index contributed by atoms with van der Waals surface area (Å²) in [6, 6.07) is 13.9. The van der Waals surface area contributed by atoms with Crippen LogP contribution < -0.4 is 10.5 Å². The molecule has 0 atom stereocenters. The average molecular weight is 240 g/mol. The molecule has 0 aromatic heterocycles. The van der Waals surface area contributed by atoms with E-state index < -0.39 is 0 Å². The lowest BCUT2D eigenvalue weighted by atomic mass is 10.1. The molecule has 0 amide bonds. The molecule has 0 fully saturated rings. The topological polar surface area (TPSA) is 59.0 Å². The van der Waals surface area contributed by atoms with Crippen LogP contribution in [0.5, 0.6) is 5.75 Å². The molecule has 0 saturated heterocycles. The molecule has 2 rings (SSSR count). The van der Waals surface area contributed by atoms with Gasteiger partial charge < -0.3 is 10.5 Å². The van der Waals surface area contributed by atoms with Gasteiger partial charge in [-0.3, -0.25) is 0 Å². The maximum Gasteiger partial charge on any atom is 0.127 e. The quantitative estimate of drug-likeness (QED) is 0.642. The molecule has 0 aliphatic rings. The van der Waals surface area contributed by atoms with Crippen LogP contribution in [0.25, 0.3) is 10.8 Å². The van der Waals surface area contributed by atoms with E-state index in [0.29, 0.717) is 13.0 Å². The highest BCUT2D eigenvalue weighted by Crippen LogP contribution is 2.29. The Morgan fingerprint density at radius 1 is 1.06 bits per heavy atom. The van der Waals surface area contributed by atoms with Crippen LogP contribution in [0.3, 0.4) is 0 Å². The van der Waals surface area contributed by atoms with Crippen molar-refractivity contribution in [2.75, 3.05) is 12.3 Å². The molecule has 0 aliphatic heterocycles. The minimum Gasteiger partial charge on any atom is -0.493 e. The van der Waals surface area contributed by atoms with Gasteiger partial charge in [0.25, 0.3) is 0 Å². The number of nitrogens with zero attached hydrogens (tertiary/aromatic N) is 1. The molecule has 92 valence electrons. The molecule has 0 spiro atoms. The molecule has 3 heteroatoms. The monoisotopic (exact) mass is 240 g/mol. The Morgan fingerprint density at radius 2 is 1.83 bits per heavy atom. The van der Waals surface area contributed by atoms with E-state index >= 15 is 0 Å². The molecule has 0 radical (unpaired) electrons. The summed E-state index contributed by atoms with van der Waals surface area (Å²) in [5.74, 6) is 0.858. The zero-order chi connectivity index (χ0) is 12.8. The molecular weight excluding hydrogens is 224 g/mol. The molecule has 3 nitrogen and oxygen atoms in total. The van der Waals surface area contributed by atoms with Crippen molar-refractivity contribution in [1.82, 2.24) is 0 Å². The number of benzene rings is 2. The summed E-state index contributed by atoms with van der Waals surface area (Å²) in [6.07, 6.45) is 2.36. The van der Waals surface area contributed by atoms with Crippen molar-refractivity contribution < 1.29 is 4.74 Å². The van der Waals surface area contributed by atoms with Gasteiger partial charge in [0.15, 0.2) is 0 Å². The van der Waals surface area contributed by atoms with Crippen molar-refractivity contribution >= 4 is 16.5 Å². The van der Waals surface area contributed by atoms with Crippen LogP contribution in [-0.4, -0.2) is 6.61 Å². The smallest absolute Gasteiger partial charge is 0.127 e. The van der Waals surface area contributed by atoms with E-state index in [-0.39, 0.29) is 0 Å². The van der Waals surface area contributed by atoms with E-state index in [1.54, 1.807) is 0 Å². The van der Waals surface area contributed by atoms with E-state index in [1.807, 2.05) is 36.4 Å². The van der Waals surface area contributed by atoms with Crippen LogP contribution in [0.1, 0.15) is 19.3 Å². The molecule has 2 aromatic carbocycles. The molecule has 0 bridgehead atoms. The summed E-state index contributed by atoms with van der Waals surface area (Å²) in [6.45, 7) is 0.635.